The van der Waals surface area contributed by atoms with Crippen LogP contribution in [0.2, 0.25) is 0 Å². The van der Waals surface area contributed by atoms with Gasteiger partial charge in [0.15, 0.2) is 0 Å². The fourth-order valence-corrected chi connectivity index (χ4v) is 5.15. The Morgan fingerprint density at radius 2 is 2.00 bits per heavy atom. The summed E-state index contributed by atoms with van der Waals surface area (Å²) in [5.41, 5.74) is 9.95. The first-order valence-corrected chi connectivity index (χ1v) is 11.6. The molecule has 156 valence electrons. The molecule has 2 heterocycles. The van der Waals surface area contributed by atoms with Crippen LogP contribution in [0.15, 0.2) is 28.7 Å². The summed E-state index contributed by atoms with van der Waals surface area (Å²) in [5.74, 6) is -0.521. The highest BCUT2D eigenvalue weighted by molar-refractivity contribution is 7.99. The summed E-state index contributed by atoms with van der Waals surface area (Å²) in [7, 11) is 0. The van der Waals surface area contributed by atoms with Crippen LogP contribution < -0.4 is 10.9 Å². The first kappa shape index (κ1) is 20.5. The smallest absolute Gasteiger partial charge is 0.270 e. The third kappa shape index (κ3) is 4.39. The molecule has 2 aromatic heterocycles. The highest BCUT2D eigenvalue weighted by atomic mass is 32.2. The molecule has 30 heavy (non-hydrogen) atoms. The molecule has 1 aliphatic carbocycles. The van der Waals surface area contributed by atoms with Gasteiger partial charge < -0.3 is 0 Å². The second-order valence-electron chi connectivity index (χ2n) is 7.19. The molecule has 8 nitrogen and oxygen atoms in total. The Balaban J connectivity index is 1.33. The van der Waals surface area contributed by atoms with Crippen molar-refractivity contribution in [3.05, 3.63) is 50.7 Å². The van der Waals surface area contributed by atoms with Crippen LogP contribution in [0.1, 0.15) is 44.8 Å². The number of amides is 2. The van der Waals surface area contributed by atoms with Crippen LogP contribution in [0.3, 0.4) is 0 Å². The van der Waals surface area contributed by atoms with E-state index >= 15 is 0 Å². The van der Waals surface area contributed by atoms with E-state index in [0.29, 0.717) is 10.7 Å². The molecule has 3 aromatic rings. The lowest BCUT2D eigenvalue weighted by Gasteiger charge is -2.13. The predicted molar refractivity (Wildman–Crippen MR) is 116 cm³/mol. The maximum absolute atomic E-state index is 12.5. The topological polar surface area (TPSA) is 102 Å². The quantitative estimate of drug-likeness (QED) is 0.465. The van der Waals surface area contributed by atoms with Gasteiger partial charge >= 0.3 is 0 Å². The maximum Gasteiger partial charge on any atom is 0.270 e. The number of thioether (sulfide) groups is 1. The summed E-state index contributed by atoms with van der Waals surface area (Å²) in [4.78, 5) is 26.0. The van der Waals surface area contributed by atoms with Crippen molar-refractivity contribution in [1.29, 1.82) is 0 Å². The molecule has 0 atom stereocenters. The molecule has 0 spiro atoms. The number of benzene rings is 1. The van der Waals surface area contributed by atoms with E-state index in [0.717, 1.165) is 36.1 Å². The SMILES string of the molecule is Cc1ccc(-n2nnnc2SCC(=O)NNC(=O)c2csc3c2CCCC3)cc1C. The molecule has 1 aliphatic rings. The minimum Gasteiger partial charge on any atom is -0.272 e. The number of hydrogen-bond donors (Lipinski definition) is 2. The van der Waals surface area contributed by atoms with Crippen molar-refractivity contribution in [2.75, 3.05) is 5.75 Å². The fraction of sp³-hybridized carbons (Fsp3) is 0.350. The van der Waals surface area contributed by atoms with Gasteiger partial charge in [-0.25, -0.2) is 0 Å². The predicted octanol–water partition coefficient (Wildman–Crippen LogP) is 2.77. The van der Waals surface area contributed by atoms with Gasteiger partial charge in [0.2, 0.25) is 11.1 Å². The summed E-state index contributed by atoms with van der Waals surface area (Å²) < 4.78 is 1.60. The van der Waals surface area contributed by atoms with Gasteiger partial charge in [-0.1, -0.05) is 17.8 Å². The van der Waals surface area contributed by atoms with E-state index in [1.54, 1.807) is 16.0 Å². The summed E-state index contributed by atoms with van der Waals surface area (Å²) >= 11 is 2.83. The molecule has 2 amide bonds. The number of carbonyl (C=O) groups is 2. The van der Waals surface area contributed by atoms with Gasteiger partial charge in [0.25, 0.3) is 5.91 Å². The Morgan fingerprint density at radius 3 is 2.83 bits per heavy atom. The molecule has 10 heteroatoms. The van der Waals surface area contributed by atoms with E-state index in [4.69, 9.17) is 0 Å². The van der Waals surface area contributed by atoms with E-state index in [1.165, 1.54) is 28.6 Å². The van der Waals surface area contributed by atoms with E-state index in [2.05, 4.69) is 26.4 Å². The number of carbonyl (C=O) groups excluding carboxylic acids is 2. The standard InChI is InChI=1S/C20H22N6O2S2/c1-12-7-8-14(9-13(12)2)26-20(23-24-25-26)30-11-18(27)21-22-19(28)16-10-29-17-6-4-3-5-15(16)17/h7-10H,3-6,11H2,1-2H3,(H,21,27)(H,22,28). The number of rotatable bonds is 5. The van der Waals surface area contributed by atoms with Crippen molar-refractivity contribution in [3.63, 3.8) is 0 Å². The van der Waals surface area contributed by atoms with Gasteiger partial charge in [-0.05, 0) is 78.8 Å². The summed E-state index contributed by atoms with van der Waals surface area (Å²) in [6.45, 7) is 4.07. The van der Waals surface area contributed by atoms with Crippen LogP contribution in [-0.2, 0) is 17.6 Å². The van der Waals surface area contributed by atoms with E-state index in [9.17, 15) is 9.59 Å². The third-order valence-electron chi connectivity index (χ3n) is 5.13. The minimum absolute atomic E-state index is 0.0766. The molecule has 0 aliphatic heterocycles. The normalized spacial score (nSPS) is 13.0. The zero-order chi connectivity index (χ0) is 21.1. The van der Waals surface area contributed by atoms with Gasteiger partial charge in [0.05, 0.1) is 17.0 Å². The van der Waals surface area contributed by atoms with Crippen molar-refractivity contribution in [2.45, 2.75) is 44.7 Å². The lowest BCUT2D eigenvalue weighted by atomic mass is 9.96. The minimum atomic E-state index is -0.327. The second-order valence-corrected chi connectivity index (χ2v) is 9.10. The number of tetrazole rings is 1. The Bertz CT molecular complexity index is 1090. The van der Waals surface area contributed by atoms with Crippen molar-refractivity contribution in [1.82, 2.24) is 31.1 Å². The molecule has 2 N–H and O–H groups in total. The monoisotopic (exact) mass is 442 g/mol. The Labute approximate surface area is 182 Å². The van der Waals surface area contributed by atoms with E-state index < -0.39 is 0 Å². The van der Waals surface area contributed by atoms with Crippen molar-refractivity contribution < 1.29 is 9.59 Å². The van der Waals surface area contributed by atoms with Gasteiger partial charge in [-0.15, -0.1) is 16.4 Å². The molecule has 1 aromatic carbocycles. The zero-order valence-corrected chi connectivity index (χ0v) is 18.4. The second kappa shape index (κ2) is 8.97. The number of hydrogen-bond acceptors (Lipinski definition) is 7. The van der Waals surface area contributed by atoms with Gasteiger partial charge in [0.1, 0.15) is 0 Å². The Kier molecular flexibility index (Phi) is 6.14. The number of fused-ring (bicyclic) bond motifs is 1. The van der Waals surface area contributed by atoms with Crippen LogP contribution in [0.4, 0.5) is 0 Å². The van der Waals surface area contributed by atoms with Crippen LogP contribution in [0.25, 0.3) is 5.69 Å². The number of aromatic nitrogens is 4. The van der Waals surface area contributed by atoms with Gasteiger partial charge in [0, 0.05) is 10.3 Å². The van der Waals surface area contributed by atoms with Crippen LogP contribution in [0.5, 0.6) is 0 Å². The van der Waals surface area contributed by atoms with Crippen LogP contribution in [-0.4, -0.2) is 37.8 Å². The molecule has 0 unspecified atom stereocenters. The number of aryl methyl sites for hydroxylation is 3. The Hall–Kier alpha value is -2.72. The average Bonchev–Trinajstić information content (AvgIpc) is 3.39. The molecular formula is C20H22N6O2S2. The molecule has 4 rings (SSSR count). The molecule has 0 radical (unpaired) electrons. The maximum atomic E-state index is 12.5. The van der Waals surface area contributed by atoms with Crippen molar-refractivity contribution in [3.8, 4) is 5.69 Å². The number of nitrogens with zero attached hydrogens (tertiary/aromatic N) is 4. The number of nitrogens with one attached hydrogen (secondary N) is 2. The van der Waals surface area contributed by atoms with E-state index in [-0.39, 0.29) is 17.6 Å². The third-order valence-corrected chi connectivity index (χ3v) is 7.14. The molecular weight excluding hydrogens is 420 g/mol. The fourth-order valence-electron chi connectivity index (χ4n) is 3.33. The van der Waals surface area contributed by atoms with Crippen molar-refractivity contribution in [2.24, 2.45) is 0 Å². The molecule has 0 saturated carbocycles. The average molecular weight is 443 g/mol. The molecule has 0 bridgehead atoms. The largest absolute Gasteiger partial charge is 0.272 e. The number of hydrazine groups is 1. The lowest BCUT2D eigenvalue weighted by Crippen LogP contribution is -2.42. The first-order valence-electron chi connectivity index (χ1n) is 9.70. The van der Waals surface area contributed by atoms with E-state index in [1.807, 2.05) is 37.4 Å². The summed E-state index contributed by atoms with van der Waals surface area (Å²) in [5, 5.41) is 14.1. The molecule has 0 fully saturated rings. The van der Waals surface area contributed by atoms with Crippen molar-refractivity contribution >= 4 is 34.9 Å². The summed E-state index contributed by atoms with van der Waals surface area (Å²) in [6.07, 6.45) is 4.23. The van der Waals surface area contributed by atoms with Gasteiger partial charge in [-0.2, -0.15) is 4.68 Å². The number of thiophene rings is 1. The molecule has 0 saturated heterocycles. The Morgan fingerprint density at radius 1 is 1.17 bits per heavy atom. The van der Waals surface area contributed by atoms with Crippen LogP contribution >= 0.6 is 23.1 Å². The summed E-state index contributed by atoms with van der Waals surface area (Å²) in [6, 6.07) is 5.94. The van der Waals surface area contributed by atoms with Crippen LogP contribution in [0, 0.1) is 13.8 Å². The first-order chi connectivity index (χ1) is 14.5. The zero-order valence-electron chi connectivity index (χ0n) is 16.8. The van der Waals surface area contributed by atoms with Gasteiger partial charge in [-0.3, -0.25) is 20.4 Å². The highest BCUT2D eigenvalue weighted by Gasteiger charge is 2.20. The lowest BCUT2D eigenvalue weighted by molar-refractivity contribution is -0.119. The highest BCUT2D eigenvalue weighted by Crippen LogP contribution is 2.30.